The second-order valence-corrected chi connectivity index (χ2v) is 11.1. The highest BCUT2D eigenvalue weighted by atomic mass is 32.2. The quantitative estimate of drug-likeness (QED) is 0.205. The maximum absolute atomic E-state index is 13.6. The van der Waals surface area contributed by atoms with Crippen LogP contribution in [-0.4, -0.2) is 35.8 Å². The van der Waals surface area contributed by atoms with Gasteiger partial charge in [0.15, 0.2) is 11.5 Å². The second kappa shape index (κ2) is 10.9. The van der Waals surface area contributed by atoms with Crippen molar-refractivity contribution in [3.05, 3.63) is 70.9 Å². The average molecular weight is 520 g/mol. The Morgan fingerprint density at radius 3 is 2.69 bits per heavy atom. The molecule has 2 aromatic carbocycles. The number of benzene rings is 2. The van der Waals surface area contributed by atoms with Crippen LogP contribution in [0, 0.1) is 5.92 Å². The number of nitrogens with zero attached hydrogens (tertiary/aromatic N) is 3. The fourth-order valence-electron chi connectivity index (χ4n) is 4.66. The number of thiophene rings is 1. The Morgan fingerprint density at radius 1 is 1.11 bits per heavy atom. The number of ether oxygens (including phenoxy) is 2. The minimum absolute atomic E-state index is 0.0190. The molecule has 0 spiro atoms. The van der Waals surface area contributed by atoms with Crippen LogP contribution in [0.2, 0.25) is 0 Å². The van der Waals surface area contributed by atoms with Gasteiger partial charge in [0, 0.05) is 16.0 Å². The number of carbonyl (C=O) groups is 1. The van der Waals surface area contributed by atoms with Gasteiger partial charge in [-0.25, -0.2) is 9.97 Å². The van der Waals surface area contributed by atoms with Crippen LogP contribution in [0.5, 0.6) is 11.5 Å². The Bertz CT molecular complexity index is 1370. The predicted octanol–water partition coefficient (Wildman–Crippen LogP) is 6.16. The Labute approximate surface area is 219 Å². The van der Waals surface area contributed by atoms with E-state index in [1.165, 1.54) is 28.6 Å². The van der Waals surface area contributed by atoms with Gasteiger partial charge in [0.1, 0.15) is 16.2 Å². The number of para-hydroxylation sites is 1. The molecule has 0 aliphatic heterocycles. The molecule has 8 heteroatoms. The van der Waals surface area contributed by atoms with Gasteiger partial charge in [-0.15, -0.1) is 11.3 Å². The normalized spacial score (nSPS) is 14.9. The molecular formula is C28H29N3O3S2. The van der Waals surface area contributed by atoms with Crippen molar-refractivity contribution in [3.8, 4) is 11.5 Å². The molecule has 4 aromatic rings. The summed E-state index contributed by atoms with van der Waals surface area (Å²) in [5, 5.41) is 2.05. The molecule has 0 bridgehead atoms. The van der Waals surface area contributed by atoms with Crippen molar-refractivity contribution in [1.82, 2.24) is 9.97 Å². The molecule has 1 amide bonds. The van der Waals surface area contributed by atoms with E-state index in [0.29, 0.717) is 24.0 Å². The van der Waals surface area contributed by atoms with Gasteiger partial charge in [-0.2, -0.15) is 0 Å². The Hall–Kier alpha value is -3.10. The zero-order valence-corrected chi connectivity index (χ0v) is 22.3. The van der Waals surface area contributed by atoms with Crippen molar-refractivity contribution in [2.75, 3.05) is 24.9 Å². The van der Waals surface area contributed by atoms with Crippen LogP contribution in [0.25, 0.3) is 10.2 Å². The van der Waals surface area contributed by atoms with Crippen molar-refractivity contribution in [2.45, 2.75) is 37.8 Å². The number of fused-ring (bicyclic) bond motifs is 3. The van der Waals surface area contributed by atoms with E-state index in [2.05, 4.69) is 16.9 Å². The lowest BCUT2D eigenvalue weighted by Gasteiger charge is -2.23. The lowest BCUT2D eigenvalue weighted by molar-refractivity contribution is -0.116. The highest BCUT2D eigenvalue weighted by molar-refractivity contribution is 8.00. The van der Waals surface area contributed by atoms with Crippen LogP contribution in [0.15, 0.2) is 59.9 Å². The number of hydrogen-bond donors (Lipinski definition) is 0. The minimum atomic E-state index is 0.0190. The van der Waals surface area contributed by atoms with Crippen molar-refractivity contribution in [3.63, 3.8) is 0 Å². The van der Waals surface area contributed by atoms with Gasteiger partial charge in [0.2, 0.25) is 5.91 Å². The summed E-state index contributed by atoms with van der Waals surface area (Å²) >= 11 is 3.28. The molecule has 0 N–H and O–H groups in total. The number of methoxy groups -OCH3 is 2. The summed E-state index contributed by atoms with van der Waals surface area (Å²) in [4.78, 5) is 27.0. The molecule has 2 heterocycles. The van der Waals surface area contributed by atoms with Crippen molar-refractivity contribution in [2.24, 2.45) is 5.92 Å². The molecule has 1 aliphatic carbocycles. The maximum Gasteiger partial charge on any atom is 0.237 e. The molecule has 186 valence electrons. The molecule has 0 unspecified atom stereocenters. The van der Waals surface area contributed by atoms with Crippen LogP contribution in [-0.2, 0) is 24.2 Å². The fraction of sp³-hybridized carbons (Fsp3) is 0.321. The summed E-state index contributed by atoms with van der Waals surface area (Å²) in [7, 11) is 3.23. The number of anilines is 1. The first-order chi connectivity index (χ1) is 17.6. The van der Waals surface area contributed by atoms with Gasteiger partial charge >= 0.3 is 0 Å². The van der Waals surface area contributed by atoms with Crippen LogP contribution in [0.4, 0.5) is 5.69 Å². The highest BCUT2D eigenvalue weighted by Crippen LogP contribution is 2.40. The summed E-state index contributed by atoms with van der Waals surface area (Å²) in [5.41, 5.74) is 3.20. The summed E-state index contributed by atoms with van der Waals surface area (Å²) in [5.74, 6) is 2.31. The Morgan fingerprint density at radius 2 is 1.92 bits per heavy atom. The summed E-state index contributed by atoms with van der Waals surface area (Å²) < 4.78 is 10.8. The molecule has 0 fully saturated rings. The smallest absolute Gasteiger partial charge is 0.237 e. The third-order valence-electron chi connectivity index (χ3n) is 6.55. The van der Waals surface area contributed by atoms with E-state index in [4.69, 9.17) is 9.47 Å². The van der Waals surface area contributed by atoms with Crippen molar-refractivity contribution >= 4 is 44.9 Å². The van der Waals surface area contributed by atoms with E-state index >= 15 is 0 Å². The van der Waals surface area contributed by atoms with Gasteiger partial charge in [0.25, 0.3) is 0 Å². The first-order valence-corrected chi connectivity index (χ1v) is 13.8. The number of aromatic nitrogens is 2. The fourth-order valence-corrected chi connectivity index (χ4v) is 6.97. The van der Waals surface area contributed by atoms with Gasteiger partial charge < -0.3 is 14.4 Å². The lowest BCUT2D eigenvalue weighted by Crippen LogP contribution is -2.32. The SMILES string of the molecule is COc1ccc(CN(C(=O)CSc2ncnc3sc4c(c23)CC[C@@H](C)C4)c2ccccc2)cc1OC. The lowest BCUT2D eigenvalue weighted by atomic mass is 9.89. The summed E-state index contributed by atoms with van der Waals surface area (Å²) in [6, 6.07) is 15.5. The molecule has 5 rings (SSSR count). The third kappa shape index (κ3) is 5.06. The topological polar surface area (TPSA) is 64.5 Å². The molecule has 36 heavy (non-hydrogen) atoms. The summed E-state index contributed by atoms with van der Waals surface area (Å²) in [6.45, 7) is 2.73. The van der Waals surface area contributed by atoms with Crippen molar-refractivity contribution in [1.29, 1.82) is 0 Å². The highest BCUT2D eigenvalue weighted by Gasteiger charge is 2.24. The van der Waals surface area contributed by atoms with Crippen LogP contribution < -0.4 is 14.4 Å². The number of rotatable bonds is 8. The third-order valence-corrected chi connectivity index (χ3v) is 8.68. The van der Waals surface area contributed by atoms with Crippen LogP contribution in [0.1, 0.15) is 29.3 Å². The second-order valence-electron chi connectivity index (χ2n) is 9.00. The molecule has 2 aromatic heterocycles. The van der Waals surface area contributed by atoms with Gasteiger partial charge in [-0.3, -0.25) is 4.79 Å². The molecule has 1 atom stereocenters. The van der Waals surface area contributed by atoms with E-state index in [9.17, 15) is 4.79 Å². The number of amides is 1. The first-order valence-electron chi connectivity index (χ1n) is 12.0. The molecule has 0 saturated carbocycles. The minimum Gasteiger partial charge on any atom is -0.493 e. The van der Waals surface area contributed by atoms with Gasteiger partial charge in [0.05, 0.1) is 26.5 Å². The molecule has 0 saturated heterocycles. The number of thioether (sulfide) groups is 1. The Kier molecular flexibility index (Phi) is 7.43. The van der Waals surface area contributed by atoms with E-state index in [0.717, 1.165) is 39.3 Å². The zero-order valence-electron chi connectivity index (χ0n) is 20.7. The number of aryl methyl sites for hydroxylation is 1. The van der Waals surface area contributed by atoms with Crippen LogP contribution >= 0.6 is 23.1 Å². The van der Waals surface area contributed by atoms with Crippen LogP contribution in [0.3, 0.4) is 0 Å². The van der Waals surface area contributed by atoms with Gasteiger partial charge in [-0.1, -0.05) is 43.0 Å². The zero-order chi connectivity index (χ0) is 25.1. The Balaban J connectivity index is 1.39. The number of hydrogen-bond acceptors (Lipinski definition) is 7. The average Bonchev–Trinajstić information content (AvgIpc) is 3.28. The van der Waals surface area contributed by atoms with Gasteiger partial charge in [-0.05, 0) is 60.6 Å². The van der Waals surface area contributed by atoms with Crippen molar-refractivity contribution < 1.29 is 14.3 Å². The number of carbonyl (C=O) groups excluding carboxylic acids is 1. The largest absolute Gasteiger partial charge is 0.493 e. The first kappa shape index (κ1) is 24.6. The van der Waals surface area contributed by atoms with E-state index in [1.54, 1.807) is 31.9 Å². The molecular weight excluding hydrogens is 490 g/mol. The van der Waals surface area contributed by atoms with E-state index in [-0.39, 0.29) is 11.7 Å². The van der Waals surface area contributed by atoms with E-state index in [1.807, 2.05) is 53.4 Å². The molecule has 0 radical (unpaired) electrons. The summed E-state index contributed by atoms with van der Waals surface area (Å²) in [6.07, 6.45) is 4.97. The monoisotopic (exact) mass is 519 g/mol. The predicted molar refractivity (Wildman–Crippen MR) is 147 cm³/mol. The van der Waals surface area contributed by atoms with E-state index < -0.39 is 0 Å². The molecule has 1 aliphatic rings. The maximum atomic E-state index is 13.6. The standard InChI is InChI=1S/C28H29N3O3S2/c1-18-9-11-21-24(13-18)36-28-26(21)27(29-17-30-28)35-16-25(32)31(20-7-5-4-6-8-20)15-19-10-12-22(33-2)23(14-19)34-3/h4-8,10,12,14,17-18H,9,11,13,15-16H2,1-3H3/t18-/m1/s1. The molecule has 6 nitrogen and oxygen atoms in total.